The lowest BCUT2D eigenvalue weighted by Crippen LogP contribution is -2.30. The zero-order chi connectivity index (χ0) is 43.1. The molecule has 0 saturated heterocycles. The van der Waals surface area contributed by atoms with Gasteiger partial charge in [0, 0.05) is 19.3 Å². The van der Waals surface area contributed by atoms with Crippen LogP contribution in [0.5, 0.6) is 0 Å². The van der Waals surface area contributed by atoms with E-state index in [1.54, 1.807) is 0 Å². The van der Waals surface area contributed by atoms with E-state index in [4.69, 9.17) is 14.2 Å². The smallest absolute Gasteiger partial charge is 0.306 e. The van der Waals surface area contributed by atoms with E-state index in [2.05, 4.69) is 27.7 Å². The average molecular weight is 835 g/mol. The second-order valence-corrected chi connectivity index (χ2v) is 18.6. The fraction of sp³-hybridized carbons (Fsp3) is 0.943. The Labute approximate surface area is 368 Å². The highest BCUT2D eigenvalue weighted by atomic mass is 16.6. The Kier molecular flexibility index (Phi) is 46.2. The van der Waals surface area contributed by atoms with Crippen molar-refractivity contribution in [3.05, 3.63) is 0 Å². The molecule has 0 aliphatic rings. The van der Waals surface area contributed by atoms with Crippen LogP contribution in [0.4, 0.5) is 0 Å². The molecule has 0 aliphatic carbocycles. The molecule has 0 aromatic heterocycles. The van der Waals surface area contributed by atoms with Gasteiger partial charge in [-0.2, -0.15) is 0 Å². The molecule has 0 bridgehead atoms. The Morgan fingerprint density at radius 3 is 0.831 bits per heavy atom. The van der Waals surface area contributed by atoms with Crippen molar-refractivity contribution in [2.45, 2.75) is 303 Å². The van der Waals surface area contributed by atoms with Gasteiger partial charge in [0.25, 0.3) is 0 Å². The Bertz CT molecular complexity index is 887. The maximum absolute atomic E-state index is 12.7. The summed E-state index contributed by atoms with van der Waals surface area (Å²) in [5.41, 5.74) is 0. The van der Waals surface area contributed by atoms with Gasteiger partial charge < -0.3 is 14.2 Å². The normalized spacial score (nSPS) is 11.9. The minimum atomic E-state index is -0.759. The van der Waals surface area contributed by atoms with E-state index in [0.717, 1.165) is 63.7 Å². The van der Waals surface area contributed by atoms with E-state index in [1.165, 1.54) is 193 Å². The first kappa shape index (κ1) is 57.4. The van der Waals surface area contributed by atoms with Gasteiger partial charge in [-0.1, -0.05) is 259 Å². The molecule has 0 aliphatic heterocycles. The largest absolute Gasteiger partial charge is 0.462 e. The number of carbonyl (C=O) groups is 3. The highest BCUT2D eigenvalue weighted by molar-refractivity contribution is 5.71. The van der Waals surface area contributed by atoms with Crippen LogP contribution in [0.2, 0.25) is 0 Å². The van der Waals surface area contributed by atoms with Crippen molar-refractivity contribution in [3.8, 4) is 0 Å². The lowest BCUT2D eigenvalue weighted by atomic mass is 10.0. The monoisotopic (exact) mass is 835 g/mol. The Morgan fingerprint density at radius 1 is 0.322 bits per heavy atom. The first-order valence-electron chi connectivity index (χ1n) is 26.4. The van der Waals surface area contributed by atoms with Crippen molar-refractivity contribution in [2.75, 3.05) is 13.2 Å². The quantitative estimate of drug-likeness (QED) is 0.0345. The molecule has 1 atom stereocenters. The Morgan fingerprint density at radius 2 is 0.559 bits per heavy atom. The minimum Gasteiger partial charge on any atom is -0.462 e. The van der Waals surface area contributed by atoms with Crippen molar-refractivity contribution in [1.29, 1.82) is 0 Å². The van der Waals surface area contributed by atoms with Crippen LogP contribution in [0, 0.1) is 5.92 Å². The van der Waals surface area contributed by atoms with Gasteiger partial charge in [0.1, 0.15) is 13.2 Å². The van der Waals surface area contributed by atoms with Crippen LogP contribution in [-0.4, -0.2) is 37.2 Å². The number of hydrogen-bond donors (Lipinski definition) is 0. The third kappa shape index (κ3) is 47.3. The molecule has 0 radical (unpaired) electrons. The van der Waals surface area contributed by atoms with Crippen molar-refractivity contribution >= 4 is 17.9 Å². The molecule has 0 rings (SSSR count). The number of unbranched alkanes of at least 4 members (excludes halogenated alkanes) is 35. The van der Waals surface area contributed by atoms with E-state index in [9.17, 15) is 14.4 Å². The second-order valence-electron chi connectivity index (χ2n) is 18.6. The zero-order valence-corrected chi connectivity index (χ0v) is 40.2. The standard InChI is InChI=1S/C53H102O6/c1-5-7-9-11-13-14-15-16-17-18-19-23-26-29-33-36-40-44-51(54)57-47-50(59-53(56)46-42-38-31-12-10-8-6-2)48-58-52(55)45-41-37-34-30-27-24-21-20-22-25-28-32-35-39-43-49(3)4/h49-50H,5-48H2,1-4H3/t50-/m1/s1. The summed E-state index contributed by atoms with van der Waals surface area (Å²) in [6, 6.07) is 0. The molecule has 0 aromatic carbocycles. The summed E-state index contributed by atoms with van der Waals surface area (Å²) in [6.07, 6.45) is 49.6. The number of carbonyl (C=O) groups excluding carboxylic acids is 3. The van der Waals surface area contributed by atoms with E-state index in [-0.39, 0.29) is 31.1 Å². The number of esters is 3. The molecular formula is C53H102O6. The SMILES string of the molecule is CCCCCCCCCCCCCCCCCCCC(=O)OC[C@H](COC(=O)CCCCCCCCCCCCCCCCC(C)C)OC(=O)CCCCCCCCC. The van der Waals surface area contributed by atoms with Crippen LogP contribution in [0.3, 0.4) is 0 Å². The van der Waals surface area contributed by atoms with Crippen LogP contribution < -0.4 is 0 Å². The topological polar surface area (TPSA) is 78.9 Å². The molecule has 6 nitrogen and oxygen atoms in total. The van der Waals surface area contributed by atoms with Gasteiger partial charge in [0.2, 0.25) is 0 Å². The summed E-state index contributed by atoms with van der Waals surface area (Å²) in [4.78, 5) is 37.8. The molecule has 0 amide bonds. The van der Waals surface area contributed by atoms with Crippen LogP contribution >= 0.6 is 0 Å². The van der Waals surface area contributed by atoms with Crippen molar-refractivity contribution < 1.29 is 28.6 Å². The van der Waals surface area contributed by atoms with E-state index >= 15 is 0 Å². The molecule has 350 valence electrons. The molecule has 6 heteroatoms. The molecule has 0 aromatic rings. The van der Waals surface area contributed by atoms with Crippen LogP contribution in [-0.2, 0) is 28.6 Å². The van der Waals surface area contributed by atoms with E-state index in [0.29, 0.717) is 19.3 Å². The van der Waals surface area contributed by atoms with Gasteiger partial charge in [0.15, 0.2) is 6.10 Å². The highest BCUT2D eigenvalue weighted by Gasteiger charge is 2.19. The van der Waals surface area contributed by atoms with Crippen LogP contribution in [0.1, 0.15) is 297 Å². The van der Waals surface area contributed by atoms with Gasteiger partial charge in [-0.25, -0.2) is 0 Å². The summed E-state index contributed by atoms with van der Waals surface area (Å²) in [5, 5.41) is 0. The van der Waals surface area contributed by atoms with Gasteiger partial charge in [-0.15, -0.1) is 0 Å². The molecule has 0 heterocycles. The fourth-order valence-corrected chi connectivity index (χ4v) is 8.04. The minimum absolute atomic E-state index is 0.0632. The number of rotatable bonds is 48. The molecule has 0 N–H and O–H groups in total. The third-order valence-electron chi connectivity index (χ3n) is 12.0. The maximum atomic E-state index is 12.7. The molecule has 0 fully saturated rings. The van der Waals surface area contributed by atoms with Gasteiger partial charge >= 0.3 is 17.9 Å². The summed E-state index contributed by atoms with van der Waals surface area (Å²) in [6.45, 7) is 9.00. The van der Waals surface area contributed by atoms with Crippen molar-refractivity contribution in [3.63, 3.8) is 0 Å². The Balaban J connectivity index is 4.14. The molecule has 0 unspecified atom stereocenters. The van der Waals surface area contributed by atoms with Crippen molar-refractivity contribution in [2.24, 2.45) is 5.92 Å². The third-order valence-corrected chi connectivity index (χ3v) is 12.0. The first-order chi connectivity index (χ1) is 28.9. The zero-order valence-electron chi connectivity index (χ0n) is 40.2. The van der Waals surface area contributed by atoms with Crippen molar-refractivity contribution in [1.82, 2.24) is 0 Å². The Hall–Kier alpha value is -1.59. The average Bonchev–Trinajstić information content (AvgIpc) is 3.22. The van der Waals surface area contributed by atoms with E-state index < -0.39 is 6.10 Å². The molecule has 0 saturated carbocycles. The fourth-order valence-electron chi connectivity index (χ4n) is 8.04. The summed E-state index contributed by atoms with van der Waals surface area (Å²) >= 11 is 0. The summed E-state index contributed by atoms with van der Waals surface area (Å²) in [5.74, 6) is -0.00534. The summed E-state index contributed by atoms with van der Waals surface area (Å²) < 4.78 is 16.8. The summed E-state index contributed by atoms with van der Waals surface area (Å²) in [7, 11) is 0. The van der Waals surface area contributed by atoms with Crippen LogP contribution in [0.25, 0.3) is 0 Å². The maximum Gasteiger partial charge on any atom is 0.306 e. The predicted molar refractivity (Wildman–Crippen MR) is 252 cm³/mol. The number of ether oxygens (including phenoxy) is 3. The lowest BCUT2D eigenvalue weighted by Gasteiger charge is -2.18. The molecule has 59 heavy (non-hydrogen) atoms. The van der Waals surface area contributed by atoms with E-state index in [1.807, 2.05) is 0 Å². The molecule has 0 spiro atoms. The predicted octanol–water partition coefficient (Wildman–Crippen LogP) is 17.1. The lowest BCUT2D eigenvalue weighted by molar-refractivity contribution is -0.167. The highest BCUT2D eigenvalue weighted by Crippen LogP contribution is 2.17. The van der Waals surface area contributed by atoms with Gasteiger partial charge in [-0.05, 0) is 25.2 Å². The number of hydrogen-bond acceptors (Lipinski definition) is 6. The van der Waals surface area contributed by atoms with Gasteiger partial charge in [-0.3, -0.25) is 14.4 Å². The van der Waals surface area contributed by atoms with Crippen LogP contribution in [0.15, 0.2) is 0 Å². The first-order valence-corrected chi connectivity index (χ1v) is 26.4. The molecular weight excluding hydrogens is 733 g/mol. The van der Waals surface area contributed by atoms with Gasteiger partial charge in [0.05, 0.1) is 0 Å². The second kappa shape index (κ2) is 47.5.